The molecule has 2 aromatic heterocycles. The molecule has 0 atom stereocenters. The Morgan fingerprint density at radius 3 is 2.75 bits per heavy atom. The topological polar surface area (TPSA) is 107 Å². The van der Waals surface area contributed by atoms with Crippen LogP contribution in [0.15, 0.2) is 24.4 Å². The molecule has 0 amide bonds. The summed E-state index contributed by atoms with van der Waals surface area (Å²) in [6, 6.07) is 4.57. The highest BCUT2D eigenvalue weighted by atomic mass is 35.5. The minimum atomic E-state index is -1.03. The summed E-state index contributed by atoms with van der Waals surface area (Å²) in [6.07, 6.45) is 1.54. The molecule has 3 rings (SSSR count). The smallest absolute Gasteiger partial charge is 0.359 e. The summed E-state index contributed by atoms with van der Waals surface area (Å²) in [5.74, 6) is -2.75. The summed E-state index contributed by atoms with van der Waals surface area (Å²) in [4.78, 5) is 18.4. The second-order valence-electron chi connectivity index (χ2n) is 4.82. The van der Waals surface area contributed by atoms with Crippen molar-refractivity contribution in [2.75, 3.05) is 12.5 Å². The highest BCUT2D eigenvalue weighted by molar-refractivity contribution is 6.35. The molecule has 5 N–H and O–H groups in total. The van der Waals surface area contributed by atoms with Gasteiger partial charge >= 0.3 is 5.97 Å². The first-order chi connectivity index (χ1) is 11.5. The molecule has 0 aliphatic heterocycles. The van der Waals surface area contributed by atoms with Gasteiger partial charge in [-0.15, -0.1) is 0 Å². The van der Waals surface area contributed by atoms with Crippen LogP contribution in [0.25, 0.3) is 22.2 Å². The Kier molecular flexibility index (Phi) is 4.08. The molecule has 0 unspecified atom stereocenters. The lowest BCUT2D eigenvalue weighted by atomic mass is 10.1. The minimum absolute atomic E-state index is 0.174. The largest absolute Gasteiger partial charge is 0.445 e. The Balaban J connectivity index is 2.26. The van der Waals surface area contributed by atoms with E-state index in [9.17, 15) is 13.6 Å². The molecule has 0 fully saturated rings. The number of H-pyrrole nitrogens is 1. The zero-order valence-electron chi connectivity index (χ0n) is 12.1. The summed E-state index contributed by atoms with van der Waals surface area (Å²) in [6.45, 7) is -0.424. The second-order valence-corrected chi connectivity index (χ2v) is 5.20. The number of halogens is 3. The number of esters is 1. The van der Waals surface area contributed by atoms with Crippen molar-refractivity contribution in [2.45, 2.75) is 0 Å². The summed E-state index contributed by atoms with van der Waals surface area (Å²) in [5.41, 5.74) is 9.28. The number of nitrogen functional groups attached to an aromatic ring is 1. The highest BCUT2D eigenvalue weighted by Gasteiger charge is 2.25. The Morgan fingerprint density at radius 2 is 2.04 bits per heavy atom. The van der Waals surface area contributed by atoms with Crippen LogP contribution < -0.4 is 11.5 Å². The Hall–Kier alpha value is -2.71. The fraction of sp³-hybridized carbons (Fsp3) is 0.0667. The first kappa shape index (κ1) is 16.2. The maximum Gasteiger partial charge on any atom is 0.359 e. The van der Waals surface area contributed by atoms with E-state index in [0.717, 1.165) is 0 Å². The molecule has 2 heterocycles. The molecule has 3 aromatic rings. The number of aromatic nitrogens is 2. The highest BCUT2D eigenvalue weighted by Crippen LogP contribution is 2.35. The van der Waals surface area contributed by atoms with Gasteiger partial charge in [0.1, 0.15) is 12.4 Å². The molecule has 1 aromatic carbocycles. The SMILES string of the molecule is NCOC(=O)c1nc(-c2ccc3cc[nH]c3c2F)c(F)c(N)c1Cl. The molecule has 0 aliphatic rings. The van der Waals surface area contributed by atoms with Crippen LogP contribution in [0, 0.1) is 11.6 Å². The number of hydrogen-bond acceptors (Lipinski definition) is 5. The maximum atomic E-state index is 14.6. The van der Waals surface area contributed by atoms with E-state index >= 15 is 0 Å². The fourth-order valence-corrected chi connectivity index (χ4v) is 2.50. The third-order valence-corrected chi connectivity index (χ3v) is 3.82. The number of fused-ring (bicyclic) bond motifs is 1. The van der Waals surface area contributed by atoms with Crippen LogP contribution in [0.5, 0.6) is 0 Å². The third-order valence-electron chi connectivity index (χ3n) is 3.44. The van der Waals surface area contributed by atoms with Gasteiger partial charge in [-0.05, 0) is 12.1 Å². The Morgan fingerprint density at radius 1 is 1.29 bits per heavy atom. The van der Waals surface area contributed by atoms with E-state index in [1.807, 2.05) is 0 Å². The number of aromatic amines is 1. The number of nitrogens with one attached hydrogen (secondary N) is 1. The summed E-state index contributed by atoms with van der Waals surface area (Å²) in [5, 5.41) is 0.178. The van der Waals surface area contributed by atoms with E-state index in [0.29, 0.717) is 5.39 Å². The number of rotatable bonds is 3. The normalized spacial score (nSPS) is 11.0. The van der Waals surface area contributed by atoms with E-state index in [-0.39, 0.29) is 11.1 Å². The number of ether oxygens (including phenoxy) is 1. The van der Waals surface area contributed by atoms with E-state index in [1.54, 1.807) is 18.3 Å². The monoisotopic (exact) mass is 352 g/mol. The van der Waals surface area contributed by atoms with Crippen molar-refractivity contribution in [3.8, 4) is 11.3 Å². The van der Waals surface area contributed by atoms with Crippen LogP contribution in [-0.2, 0) is 4.74 Å². The Labute approximate surface area is 139 Å². The Bertz CT molecular complexity index is 958. The second kappa shape index (κ2) is 6.06. The number of benzene rings is 1. The fourth-order valence-electron chi connectivity index (χ4n) is 2.29. The third kappa shape index (κ3) is 2.45. The first-order valence-electron chi connectivity index (χ1n) is 6.73. The van der Waals surface area contributed by atoms with Gasteiger partial charge in [0.05, 0.1) is 16.2 Å². The van der Waals surface area contributed by atoms with Gasteiger partial charge in [0.15, 0.2) is 17.3 Å². The van der Waals surface area contributed by atoms with E-state index in [4.69, 9.17) is 23.1 Å². The molecule has 0 spiro atoms. The predicted molar refractivity (Wildman–Crippen MR) is 85.3 cm³/mol. The van der Waals surface area contributed by atoms with Crippen molar-refractivity contribution in [1.29, 1.82) is 0 Å². The van der Waals surface area contributed by atoms with Crippen LogP contribution >= 0.6 is 11.6 Å². The zero-order valence-corrected chi connectivity index (χ0v) is 12.8. The van der Waals surface area contributed by atoms with E-state index in [1.165, 1.54) is 6.07 Å². The predicted octanol–water partition coefficient (Wildman–Crippen LogP) is 2.82. The molecule has 124 valence electrons. The average molecular weight is 353 g/mol. The van der Waals surface area contributed by atoms with Gasteiger partial charge in [0.2, 0.25) is 0 Å². The summed E-state index contributed by atoms with van der Waals surface area (Å²) >= 11 is 5.84. The molecular weight excluding hydrogens is 342 g/mol. The number of nitrogens with zero attached hydrogens (tertiary/aromatic N) is 1. The van der Waals surface area contributed by atoms with E-state index in [2.05, 4.69) is 14.7 Å². The van der Waals surface area contributed by atoms with Crippen LogP contribution in [0.1, 0.15) is 10.5 Å². The van der Waals surface area contributed by atoms with Crippen molar-refractivity contribution in [3.63, 3.8) is 0 Å². The molecule has 0 aliphatic carbocycles. The van der Waals surface area contributed by atoms with Gasteiger partial charge < -0.3 is 15.5 Å². The lowest BCUT2D eigenvalue weighted by molar-refractivity contribution is 0.0509. The molecule has 0 saturated carbocycles. The first-order valence-corrected chi connectivity index (χ1v) is 7.11. The van der Waals surface area contributed by atoms with Crippen molar-refractivity contribution in [1.82, 2.24) is 9.97 Å². The van der Waals surface area contributed by atoms with Crippen LogP contribution in [-0.4, -0.2) is 22.7 Å². The quantitative estimate of drug-likeness (QED) is 0.496. The van der Waals surface area contributed by atoms with Crippen molar-refractivity contribution < 1.29 is 18.3 Å². The molecule has 9 heteroatoms. The number of carbonyl (C=O) groups is 1. The van der Waals surface area contributed by atoms with Gasteiger partial charge in [-0.2, -0.15) is 0 Å². The van der Waals surface area contributed by atoms with Crippen LogP contribution in [0.4, 0.5) is 14.5 Å². The number of carbonyl (C=O) groups excluding carboxylic acids is 1. The molecule has 6 nitrogen and oxygen atoms in total. The molecule has 0 saturated heterocycles. The zero-order chi connectivity index (χ0) is 17.4. The van der Waals surface area contributed by atoms with Gasteiger partial charge in [0, 0.05) is 17.1 Å². The standard InChI is InChI=1S/C15H11ClF2N4O2/c16-8-11(20)10(18)13(22-14(8)15(23)24-5-19)7-2-1-6-3-4-21-12(6)9(7)17/h1-4,21H,5,19H2,(H2,20,22). The minimum Gasteiger partial charge on any atom is -0.445 e. The van der Waals surface area contributed by atoms with Crippen molar-refractivity contribution in [2.24, 2.45) is 5.73 Å². The number of nitrogens with two attached hydrogens (primary N) is 2. The number of anilines is 1. The lowest BCUT2D eigenvalue weighted by Gasteiger charge is -2.11. The van der Waals surface area contributed by atoms with Gasteiger partial charge in [-0.3, -0.25) is 5.73 Å². The molecular formula is C15H11ClF2N4O2. The lowest BCUT2D eigenvalue weighted by Crippen LogP contribution is -2.16. The van der Waals surface area contributed by atoms with Crippen LogP contribution in [0.3, 0.4) is 0 Å². The van der Waals surface area contributed by atoms with Gasteiger partial charge in [-0.1, -0.05) is 17.7 Å². The van der Waals surface area contributed by atoms with Crippen LogP contribution in [0.2, 0.25) is 5.02 Å². The molecule has 24 heavy (non-hydrogen) atoms. The molecule has 0 radical (unpaired) electrons. The summed E-state index contributed by atoms with van der Waals surface area (Å²) in [7, 11) is 0. The van der Waals surface area contributed by atoms with Gasteiger partial charge in [0.25, 0.3) is 0 Å². The van der Waals surface area contributed by atoms with Gasteiger partial charge in [-0.25, -0.2) is 18.6 Å². The maximum absolute atomic E-state index is 14.6. The number of pyridine rings is 1. The number of hydrogen-bond donors (Lipinski definition) is 3. The van der Waals surface area contributed by atoms with E-state index < -0.39 is 46.4 Å². The molecule has 0 bridgehead atoms. The van der Waals surface area contributed by atoms with Crippen molar-refractivity contribution in [3.05, 3.63) is 46.7 Å². The summed E-state index contributed by atoms with van der Waals surface area (Å²) < 4.78 is 33.7. The average Bonchev–Trinajstić information content (AvgIpc) is 3.04. The van der Waals surface area contributed by atoms with Crippen molar-refractivity contribution >= 4 is 34.2 Å².